The van der Waals surface area contributed by atoms with E-state index in [0.29, 0.717) is 0 Å². The first kappa shape index (κ1) is 15.2. The Hall–Kier alpha value is -0.820. The smallest absolute Gasteiger partial charge is 0.475 e. The first-order valence-electron chi connectivity index (χ1n) is 5.08. The Balaban J connectivity index is 0.000000293. The summed E-state index contributed by atoms with van der Waals surface area (Å²) < 4.78 is 31.7. The summed E-state index contributed by atoms with van der Waals surface area (Å²) in [6.07, 6.45) is -1.20. The number of nitrogens with one attached hydrogen (secondary N) is 1. The summed E-state index contributed by atoms with van der Waals surface area (Å²) in [5, 5.41) is 10.5. The van der Waals surface area contributed by atoms with Gasteiger partial charge in [0.05, 0.1) is 0 Å². The molecular formula is C9H17F3N2O2. The molecule has 0 spiro atoms. The third-order valence-corrected chi connectivity index (χ3v) is 2.28. The van der Waals surface area contributed by atoms with Crippen LogP contribution < -0.4 is 11.1 Å². The highest BCUT2D eigenvalue weighted by Gasteiger charge is 2.38. The molecule has 0 aliphatic carbocycles. The first-order chi connectivity index (χ1) is 7.38. The summed E-state index contributed by atoms with van der Waals surface area (Å²) in [5.74, 6) is -1.84. The minimum atomic E-state index is -5.08. The number of nitrogens with two attached hydrogens (primary N) is 1. The molecule has 16 heavy (non-hydrogen) atoms. The lowest BCUT2D eigenvalue weighted by atomic mass is 9.95. The lowest BCUT2D eigenvalue weighted by Gasteiger charge is -2.21. The van der Waals surface area contributed by atoms with Gasteiger partial charge in [-0.1, -0.05) is 0 Å². The highest BCUT2D eigenvalue weighted by atomic mass is 19.4. The molecule has 96 valence electrons. The standard InChI is InChI=1S/C7H16N2.C2HF3O2/c8-4-1-7-2-5-9-6-3-7;3-2(4,5)1(6)7/h7,9H,1-6,8H2;(H,6,7). The Labute approximate surface area is 92.0 Å². The van der Waals surface area contributed by atoms with Crippen LogP contribution in [0.1, 0.15) is 19.3 Å². The van der Waals surface area contributed by atoms with E-state index in [-0.39, 0.29) is 0 Å². The van der Waals surface area contributed by atoms with Crippen LogP contribution in [-0.2, 0) is 4.79 Å². The topological polar surface area (TPSA) is 75.3 Å². The second kappa shape index (κ2) is 7.45. The van der Waals surface area contributed by atoms with Gasteiger partial charge in [-0.25, -0.2) is 4.79 Å². The fourth-order valence-corrected chi connectivity index (χ4v) is 1.41. The molecule has 4 nitrogen and oxygen atoms in total. The van der Waals surface area contributed by atoms with Crippen molar-refractivity contribution in [2.45, 2.75) is 25.4 Å². The van der Waals surface area contributed by atoms with Gasteiger partial charge in [-0.2, -0.15) is 13.2 Å². The maximum Gasteiger partial charge on any atom is 0.490 e. The first-order valence-corrected chi connectivity index (χ1v) is 5.08. The van der Waals surface area contributed by atoms with Crippen molar-refractivity contribution in [3.8, 4) is 0 Å². The van der Waals surface area contributed by atoms with Gasteiger partial charge in [-0.15, -0.1) is 0 Å². The van der Waals surface area contributed by atoms with Crippen molar-refractivity contribution in [2.24, 2.45) is 11.7 Å². The Kier molecular flexibility index (Phi) is 7.07. The molecule has 0 bridgehead atoms. The number of carbonyl (C=O) groups is 1. The molecule has 0 unspecified atom stereocenters. The van der Waals surface area contributed by atoms with Gasteiger partial charge in [0.2, 0.25) is 0 Å². The quantitative estimate of drug-likeness (QED) is 0.674. The molecule has 1 rings (SSSR count). The fraction of sp³-hybridized carbons (Fsp3) is 0.889. The molecule has 4 N–H and O–H groups in total. The van der Waals surface area contributed by atoms with Crippen LogP contribution in [0, 0.1) is 5.92 Å². The van der Waals surface area contributed by atoms with Crippen molar-refractivity contribution >= 4 is 5.97 Å². The number of carboxylic acids is 1. The molecule has 1 fully saturated rings. The molecule has 0 aromatic rings. The van der Waals surface area contributed by atoms with Gasteiger partial charge >= 0.3 is 12.1 Å². The van der Waals surface area contributed by atoms with Crippen LogP contribution in [-0.4, -0.2) is 36.9 Å². The van der Waals surface area contributed by atoms with Gasteiger partial charge in [0.15, 0.2) is 0 Å². The number of halogens is 3. The van der Waals surface area contributed by atoms with Crippen molar-refractivity contribution in [1.82, 2.24) is 5.32 Å². The molecule has 0 radical (unpaired) electrons. The molecule has 7 heteroatoms. The summed E-state index contributed by atoms with van der Waals surface area (Å²) in [6, 6.07) is 0. The molecule has 1 aliphatic heterocycles. The molecule has 0 aromatic heterocycles. The Morgan fingerprint density at radius 1 is 1.38 bits per heavy atom. The number of piperidine rings is 1. The average molecular weight is 242 g/mol. The number of alkyl halides is 3. The summed E-state index contributed by atoms with van der Waals surface area (Å²) >= 11 is 0. The lowest BCUT2D eigenvalue weighted by Crippen LogP contribution is -2.28. The molecule has 1 heterocycles. The third-order valence-electron chi connectivity index (χ3n) is 2.28. The molecule has 0 saturated carbocycles. The second-order valence-corrected chi connectivity index (χ2v) is 3.57. The molecule has 0 atom stereocenters. The highest BCUT2D eigenvalue weighted by molar-refractivity contribution is 5.73. The Morgan fingerprint density at radius 3 is 2.12 bits per heavy atom. The fourth-order valence-electron chi connectivity index (χ4n) is 1.41. The van der Waals surface area contributed by atoms with Gasteiger partial charge in [0.25, 0.3) is 0 Å². The zero-order chi connectivity index (χ0) is 12.6. The van der Waals surface area contributed by atoms with Crippen molar-refractivity contribution in [2.75, 3.05) is 19.6 Å². The molecule has 0 aromatic carbocycles. The van der Waals surface area contributed by atoms with Crippen LogP contribution in [0.2, 0.25) is 0 Å². The number of carboxylic acid groups (broad SMARTS) is 1. The van der Waals surface area contributed by atoms with Gasteiger partial charge in [0.1, 0.15) is 0 Å². The zero-order valence-electron chi connectivity index (χ0n) is 8.89. The van der Waals surface area contributed by atoms with Crippen LogP contribution >= 0.6 is 0 Å². The van der Waals surface area contributed by atoms with E-state index in [2.05, 4.69) is 5.32 Å². The van der Waals surface area contributed by atoms with Crippen molar-refractivity contribution in [3.05, 3.63) is 0 Å². The van der Waals surface area contributed by atoms with Crippen molar-refractivity contribution < 1.29 is 23.1 Å². The van der Waals surface area contributed by atoms with Gasteiger partial charge in [-0.05, 0) is 44.8 Å². The number of rotatable bonds is 2. The molecule has 1 aliphatic rings. The molecule has 0 amide bonds. The third kappa shape index (κ3) is 7.47. The van der Waals surface area contributed by atoms with E-state index in [4.69, 9.17) is 15.6 Å². The minimum Gasteiger partial charge on any atom is -0.475 e. The Morgan fingerprint density at radius 2 is 1.81 bits per heavy atom. The van der Waals surface area contributed by atoms with Crippen LogP contribution in [0.4, 0.5) is 13.2 Å². The summed E-state index contributed by atoms with van der Waals surface area (Å²) in [6.45, 7) is 3.26. The van der Waals surface area contributed by atoms with Gasteiger partial charge in [-0.3, -0.25) is 0 Å². The van der Waals surface area contributed by atoms with Gasteiger partial charge < -0.3 is 16.2 Å². The summed E-state index contributed by atoms with van der Waals surface area (Å²) in [7, 11) is 0. The zero-order valence-corrected chi connectivity index (χ0v) is 8.89. The molecule has 1 saturated heterocycles. The maximum absolute atomic E-state index is 10.6. The normalized spacial score (nSPS) is 17.5. The van der Waals surface area contributed by atoms with Crippen LogP contribution in [0.15, 0.2) is 0 Å². The second-order valence-electron chi connectivity index (χ2n) is 3.57. The Bertz CT molecular complexity index is 201. The molecular weight excluding hydrogens is 225 g/mol. The van der Waals surface area contributed by atoms with Crippen LogP contribution in [0.5, 0.6) is 0 Å². The summed E-state index contributed by atoms with van der Waals surface area (Å²) in [5.41, 5.74) is 5.44. The predicted molar refractivity (Wildman–Crippen MR) is 53.0 cm³/mol. The number of hydrogen-bond donors (Lipinski definition) is 3. The highest BCUT2D eigenvalue weighted by Crippen LogP contribution is 2.14. The summed E-state index contributed by atoms with van der Waals surface area (Å²) in [4.78, 5) is 8.90. The van der Waals surface area contributed by atoms with E-state index < -0.39 is 12.1 Å². The van der Waals surface area contributed by atoms with Crippen molar-refractivity contribution in [3.63, 3.8) is 0 Å². The predicted octanol–water partition coefficient (Wildman–Crippen LogP) is 0.968. The van der Waals surface area contributed by atoms with E-state index in [9.17, 15) is 13.2 Å². The average Bonchev–Trinajstić information content (AvgIpc) is 2.19. The van der Waals surface area contributed by atoms with Crippen LogP contribution in [0.25, 0.3) is 0 Å². The lowest BCUT2D eigenvalue weighted by molar-refractivity contribution is -0.192. The van der Waals surface area contributed by atoms with Crippen molar-refractivity contribution in [1.29, 1.82) is 0 Å². The number of aliphatic carboxylic acids is 1. The van der Waals surface area contributed by atoms with Gasteiger partial charge in [0, 0.05) is 0 Å². The van der Waals surface area contributed by atoms with E-state index in [1.165, 1.54) is 32.4 Å². The minimum absolute atomic E-state index is 0.866. The van der Waals surface area contributed by atoms with E-state index in [0.717, 1.165) is 12.5 Å². The van der Waals surface area contributed by atoms with E-state index >= 15 is 0 Å². The largest absolute Gasteiger partial charge is 0.490 e. The van der Waals surface area contributed by atoms with Crippen LogP contribution in [0.3, 0.4) is 0 Å². The monoisotopic (exact) mass is 242 g/mol. The van der Waals surface area contributed by atoms with E-state index in [1.807, 2.05) is 0 Å². The van der Waals surface area contributed by atoms with E-state index in [1.54, 1.807) is 0 Å². The number of hydrogen-bond acceptors (Lipinski definition) is 3. The SMILES string of the molecule is NCCC1CCNCC1.O=C(O)C(F)(F)F. The maximum atomic E-state index is 10.6.